The van der Waals surface area contributed by atoms with Gasteiger partial charge in [0.25, 0.3) is 0 Å². The molecule has 0 aliphatic carbocycles. The average molecular weight is 346 g/mol. The fourth-order valence-corrected chi connectivity index (χ4v) is 3.78. The van der Waals surface area contributed by atoms with Crippen molar-refractivity contribution in [3.63, 3.8) is 0 Å². The largest absolute Gasteiger partial charge is 0.370 e. The molecule has 0 radical (unpaired) electrons. The van der Waals surface area contributed by atoms with Crippen LogP contribution in [0.25, 0.3) is 0 Å². The van der Waals surface area contributed by atoms with E-state index in [0.717, 1.165) is 44.1 Å². The lowest BCUT2D eigenvalue weighted by molar-refractivity contribution is 0.597. The number of benzene rings is 1. The topological polar surface area (TPSA) is 66.4 Å². The fraction of sp³-hybridized carbons (Fsp3) is 0.412. The normalized spacial score (nSPS) is 16.0. The molecule has 1 saturated heterocycles. The highest BCUT2D eigenvalue weighted by atomic mass is 32.2. The zero-order valence-corrected chi connectivity index (χ0v) is 14.6. The number of anilines is 2. The Morgan fingerprint density at radius 3 is 2.38 bits per heavy atom. The highest BCUT2D eigenvalue weighted by molar-refractivity contribution is 7.91. The van der Waals surface area contributed by atoms with Crippen molar-refractivity contribution in [3.8, 4) is 0 Å². The maximum atomic E-state index is 11.9. The molecule has 128 valence electrons. The molecule has 24 heavy (non-hydrogen) atoms. The van der Waals surface area contributed by atoms with Gasteiger partial charge in [0.1, 0.15) is 0 Å². The molecule has 3 rings (SSSR count). The van der Waals surface area contributed by atoms with Gasteiger partial charge in [0, 0.05) is 38.1 Å². The van der Waals surface area contributed by atoms with E-state index in [0.29, 0.717) is 4.90 Å². The molecule has 0 saturated carbocycles. The predicted octanol–water partition coefficient (Wildman–Crippen LogP) is 1.99. The van der Waals surface area contributed by atoms with Crippen LogP contribution in [0, 0.1) is 0 Å². The minimum absolute atomic E-state index is 0.128. The first-order valence-electron chi connectivity index (χ1n) is 8.20. The molecular weight excluding hydrogens is 324 g/mol. The summed E-state index contributed by atoms with van der Waals surface area (Å²) in [6.45, 7) is 5.29. The quantitative estimate of drug-likeness (QED) is 0.843. The lowest BCUT2D eigenvalue weighted by atomic mass is 10.2. The van der Waals surface area contributed by atoms with Crippen LogP contribution in [0.15, 0.2) is 47.5 Å². The molecule has 2 aromatic rings. The number of nitrogens with zero attached hydrogens (tertiary/aromatic N) is 4. The Morgan fingerprint density at radius 2 is 1.71 bits per heavy atom. The molecule has 6 nitrogen and oxygen atoms in total. The number of rotatable bonds is 4. The van der Waals surface area contributed by atoms with Gasteiger partial charge in [0.2, 0.25) is 0 Å². The first-order chi connectivity index (χ1) is 11.6. The van der Waals surface area contributed by atoms with Crippen molar-refractivity contribution in [2.45, 2.75) is 18.2 Å². The maximum Gasteiger partial charge on any atom is 0.178 e. The van der Waals surface area contributed by atoms with Gasteiger partial charge in [-0.05, 0) is 42.8 Å². The van der Waals surface area contributed by atoms with E-state index < -0.39 is 9.84 Å². The first kappa shape index (κ1) is 16.7. The summed E-state index contributed by atoms with van der Waals surface area (Å²) in [6, 6.07) is 11.1. The van der Waals surface area contributed by atoms with Crippen molar-refractivity contribution in [2.75, 3.05) is 41.7 Å². The Labute approximate surface area is 143 Å². The SMILES string of the molecule is CCS(=O)(=O)c1ccc(N2CCCN(c3cccnn3)CC2)cc1. The highest BCUT2D eigenvalue weighted by Gasteiger charge is 2.17. The van der Waals surface area contributed by atoms with Crippen molar-refractivity contribution in [1.29, 1.82) is 0 Å². The Bertz CT molecular complexity index is 763. The summed E-state index contributed by atoms with van der Waals surface area (Å²) in [4.78, 5) is 4.92. The van der Waals surface area contributed by atoms with E-state index in [1.165, 1.54) is 0 Å². The van der Waals surface area contributed by atoms with E-state index in [1.807, 2.05) is 24.3 Å². The van der Waals surface area contributed by atoms with Crippen LogP contribution in [0.3, 0.4) is 0 Å². The van der Waals surface area contributed by atoms with Crippen LogP contribution >= 0.6 is 0 Å². The molecule has 1 aliphatic rings. The second-order valence-corrected chi connectivity index (χ2v) is 8.09. The van der Waals surface area contributed by atoms with Crippen molar-refractivity contribution in [2.24, 2.45) is 0 Å². The summed E-state index contributed by atoms with van der Waals surface area (Å²) in [6.07, 6.45) is 2.70. The lowest BCUT2D eigenvalue weighted by Gasteiger charge is -2.24. The number of aromatic nitrogens is 2. The van der Waals surface area contributed by atoms with Gasteiger partial charge in [-0.15, -0.1) is 5.10 Å². The number of hydrogen-bond acceptors (Lipinski definition) is 6. The van der Waals surface area contributed by atoms with E-state index in [-0.39, 0.29) is 5.75 Å². The van der Waals surface area contributed by atoms with Crippen molar-refractivity contribution >= 4 is 21.3 Å². The Kier molecular flexibility index (Phi) is 4.99. The third-order valence-electron chi connectivity index (χ3n) is 4.32. The van der Waals surface area contributed by atoms with Gasteiger partial charge < -0.3 is 9.80 Å². The van der Waals surface area contributed by atoms with Crippen LogP contribution in [0.4, 0.5) is 11.5 Å². The lowest BCUT2D eigenvalue weighted by Crippen LogP contribution is -2.31. The van der Waals surface area contributed by atoms with Crippen LogP contribution in [-0.4, -0.2) is 50.5 Å². The van der Waals surface area contributed by atoms with Crippen LogP contribution in [-0.2, 0) is 9.84 Å². The van der Waals surface area contributed by atoms with E-state index in [9.17, 15) is 8.42 Å². The van der Waals surface area contributed by atoms with E-state index in [4.69, 9.17) is 0 Å². The molecule has 1 aromatic carbocycles. The monoisotopic (exact) mass is 346 g/mol. The zero-order chi connectivity index (χ0) is 17.0. The third kappa shape index (κ3) is 3.67. The van der Waals surface area contributed by atoms with Gasteiger partial charge in [-0.2, -0.15) is 5.10 Å². The molecule has 0 unspecified atom stereocenters. The molecule has 0 spiro atoms. The fourth-order valence-electron chi connectivity index (χ4n) is 2.90. The molecule has 0 bridgehead atoms. The number of sulfone groups is 1. The molecular formula is C17H22N4O2S. The Hall–Kier alpha value is -2.15. The molecule has 0 N–H and O–H groups in total. The highest BCUT2D eigenvalue weighted by Crippen LogP contribution is 2.21. The zero-order valence-electron chi connectivity index (χ0n) is 13.8. The van der Waals surface area contributed by atoms with Gasteiger partial charge in [0.15, 0.2) is 15.7 Å². The average Bonchev–Trinajstić information content (AvgIpc) is 2.89. The van der Waals surface area contributed by atoms with Gasteiger partial charge in [0.05, 0.1) is 10.6 Å². The molecule has 1 fully saturated rings. The van der Waals surface area contributed by atoms with Crippen LogP contribution in [0.2, 0.25) is 0 Å². The van der Waals surface area contributed by atoms with Crippen LogP contribution in [0.1, 0.15) is 13.3 Å². The summed E-state index contributed by atoms with van der Waals surface area (Å²) in [7, 11) is -3.14. The summed E-state index contributed by atoms with van der Waals surface area (Å²) in [5, 5.41) is 8.13. The molecule has 0 amide bonds. The smallest absolute Gasteiger partial charge is 0.178 e. The van der Waals surface area contributed by atoms with Crippen molar-refractivity contribution in [1.82, 2.24) is 10.2 Å². The molecule has 2 heterocycles. The van der Waals surface area contributed by atoms with Gasteiger partial charge in [-0.25, -0.2) is 8.42 Å². The minimum Gasteiger partial charge on any atom is -0.370 e. The first-order valence-corrected chi connectivity index (χ1v) is 9.86. The van der Waals surface area contributed by atoms with Crippen LogP contribution in [0.5, 0.6) is 0 Å². The van der Waals surface area contributed by atoms with E-state index in [2.05, 4.69) is 20.0 Å². The minimum atomic E-state index is -3.14. The summed E-state index contributed by atoms with van der Waals surface area (Å²) in [5.41, 5.74) is 1.06. The second kappa shape index (κ2) is 7.17. The predicted molar refractivity (Wildman–Crippen MR) is 95.2 cm³/mol. The van der Waals surface area contributed by atoms with Gasteiger partial charge in [-0.3, -0.25) is 0 Å². The van der Waals surface area contributed by atoms with E-state index >= 15 is 0 Å². The van der Waals surface area contributed by atoms with Crippen molar-refractivity contribution < 1.29 is 8.42 Å². The van der Waals surface area contributed by atoms with Gasteiger partial charge >= 0.3 is 0 Å². The summed E-state index contributed by atoms with van der Waals surface area (Å²) < 4.78 is 23.8. The molecule has 1 aromatic heterocycles. The van der Waals surface area contributed by atoms with Crippen molar-refractivity contribution in [3.05, 3.63) is 42.6 Å². The third-order valence-corrected chi connectivity index (χ3v) is 6.07. The van der Waals surface area contributed by atoms with Gasteiger partial charge in [-0.1, -0.05) is 6.92 Å². The number of hydrogen-bond donors (Lipinski definition) is 0. The van der Waals surface area contributed by atoms with E-state index in [1.54, 1.807) is 25.3 Å². The molecule has 7 heteroatoms. The Balaban J connectivity index is 1.70. The van der Waals surface area contributed by atoms with Crippen LogP contribution < -0.4 is 9.80 Å². The maximum absolute atomic E-state index is 11.9. The standard InChI is InChI=1S/C17H22N4O2S/c1-2-24(22,23)16-8-6-15(7-9-16)20-11-4-12-21(14-13-20)17-5-3-10-18-19-17/h3,5-10H,2,4,11-14H2,1H3. The summed E-state index contributed by atoms with van der Waals surface area (Å²) >= 11 is 0. The second-order valence-electron chi connectivity index (χ2n) is 5.81. The molecule has 1 aliphatic heterocycles. The molecule has 0 atom stereocenters. The Morgan fingerprint density at radius 1 is 1.00 bits per heavy atom. The summed E-state index contributed by atoms with van der Waals surface area (Å²) in [5.74, 6) is 1.03.